The third-order valence-electron chi connectivity index (χ3n) is 8.35. The van der Waals surface area contributed by atoms with E-state index in [1.807, 2.05) is 18.3 Å². The van der Waals surface area contributed by atoms with E-state index in [2.05, 4.69) is 73.5 Å². The van der Waals surface area contributed by atoms with Crippen LogP contribution in [-0.2, 0) is 10.4 Å². The first-order valence-electron chi connectivity index (χ1n) is 13.9. The number of amides is 1. The van der Waals surface area contributed by atoms with Gasteiger partial charge >= 0.3 is 7.55 Å². The number of aliphatic hydroxyl groups is 1. The fourth-order valence-corrected chi connectivity index (χ4v) is 6.36. The van der Waals surface area contributed by atoms with E-state index in [0.29, 0.717) is 5.69 Å². The van der Waals surface area contributed by atoms with Crippen molar-refractivity contribution in [2.75, 3.05) is 18.4 Å². The van der Waals surface area contributed by atoms with Crippen LogP contribution in [0.15, 0.2) is 60.4 Å². The number of amidine groups is 1. The van der Waals surface area contributed by atoms with Gasteiger partial charge in [0.25, 0.3) is 5.84 Å². The van der Waals surface area contributed by atoms with Crippen molar-refractivity contribution in [2.45, 2.75) is 57.5 Å². The standard InChI is InChI=1S/C29H31BN7O2/c1-20(38)31-22-9-7-21(8-10-22)28-23-11-13-26(34-17-5-2-6-18-34)36(23)30-37-24(28)12-14-27(37)35-19-25(32-33-35)29(39)15-3-4-16-29/h7-14,19,39H,2-6,15-18H2,1H3/p+1. The Hall–Kier alpha value is -3.92. The molecule has 7 rings (SSSR count). The number of fused-ring (bicyclic) bond motifs is 2. The number of allylic oxidation sites excluding steroid dienone is 1. The molecule has 1 aliphatic carbocycles. The van der Waals surface area contributed by atoms with Gasteiger partial charge in [0, 0.05) is 30.0 Å². The predicted octanol–water partition coefficient (Wildman–Crippen LogP) is 3.41. The molecule has 0 unspecified atom stereocenters. The number of hydrogen-bond acceptors (Lipinski definition) is 4. The van der Waals surface area contributed by atoms with Crippen LogP contribution in [0.1, 0.15) is 68.8 Å². The lowest BCUT2D eigenvalue weighted by molar-refractivity contribution is -0.539. The molecule has 197 valence electrons. The number of piperidine rings is 1. The minimum Gasteiger partial charge on any atom is -0.383 e. The van der Waals surface area contributed by atoms with Gasteiger partial charge in [-0.05, 0) is 68.0 Å². The maximum atomic E-state index is 11.6. The summed E-state index contributed by atoms with van der Waals surface area (Å²) >= 11 is 0. The number of carbonyl (C=O) groups excluding carboxylic acids is 1. The lowest BCUT2D eigenvalue weighted by Gasteiger charge is -2.27. The summed E-state index contributed by atoms with van der Waals surface area (Å²) in [7, 11) is 2.14. The second-order valence-electron chi connectivity index (χ2n) is 11.0. The Labute approximate surface area is 228 Å². The van der Waals surface area contributed by atoms with E-state index in [4.69, 9.17) is 0 Å². The lowest BCUT2D eigenvalue weighted by atomic mass is 9.91. The molecule has 2 N–H and O–H groups in total. The summed E-state index contributed by atoms with van der Waals surface area (Å²) in [5.41, 5.74) is 4.86. The highest BCUT2D eigenvalue weighted by atomic mass is 16.3. The van der Waals surface area contributed by atoms with Crippen molar-refractivity contribution < 1.29 is 14.5 Å². The Balaban J connectivity index is 1.33. The molecular weight excluding hydrogens is 489 g/mol. The van der Waals surface area contributed by atoms with Crippen molar-refractivity contribution in [1.29, 1.82) is 0 Å². The van der Waals surface area contributed by atoms with Crippen LogP contribution in [0.5, 0.6) is 0 Å². The number of nitrogens with one attached hydrogen (secondary N) is 1. The third kappa shape index (κ3) is 4.14. The van der Waals surface area contributed by atoms with Gasteiger partial charge in [-0.2, -0.15) is 0 Å². The van der Waals surface area contributed by atoms with Crippen LogP contribution < -0.4 is 5.32 Å². The van der Waals surface area contributed by atoms with Crippen molar-refractivity contribution in [3.63, 3.8) is 0 Å². The molecule has 3 aromatic rings. The molecule has 10 heteroatoms. The minimum atomic E-state index is -0.888. The molecule has 0 atom stereocenters. The van der Waals surface area contributed by atoms with Crippen molar-refractivity contribution in [1.82, 2.24) is 24.3 Å². The molecule has 1 saturated heterocycles. The minimum absolute atomic E-state index is 0.0873. The Morgan fingerprint density at radius 2 is 1.79 bits per heavy atom. The first-order chi connectivity index (χ1) is 19.0. The van der Waals surface area contributed by atoms with E-state index in [1.54, 1.807) is 4.68 Å². The summed E-state index contributed by atoms with van der Waals surface area (Å²) in [5.74, 6) is 1.96. The van der Waals surface area contributed by atoms with E-state index >= 15 is 0 Å². The highest BCUT2D eigenvalue weighted by molar-refractivity contribution is 6.40. The number of benzene rings is 1. The van der Waals surface area contributed by atoms with Crippen LogP contribution in [0, 0.1) is 0 Å². The van der Waals surface area contributed by atoms with Gasteiger partial charge in [0.05, 0.1) is 19.3 Å². The summed E-state index contributed by atoms with van der Waals surface area (Å²) in [4.78, 5) is 13.8. The Morgan fingerprint density at radius 3 is 2.54 bits per heavy atom. The first-order valence-corrected chi connectivity index (χ1v) is 13.9. The van der Waals surface area contributed by atoms with Gasteiger partial charge in [-0.3, -0.25) is 14.2 Å². The number of aromatic nitrogens is 4. The number of anilines is 1. The van der Waals surface area contributed by atoms with E-state index in [-0.39, 0.29) is 5.91 Å². The molecule has 1 amide bonds. The Kier molecular flexibility index (Phi) is 5.80. The van der Waals surface area contributed by atoms with Crippen LogP contribution in [0.4, 0.5) is 5.69 Å². The normalized spacial score (nSPS) is 19.8. The summed E-state index contributed by atoms with van der Waals surface area (Å²) < 4.78 is 6.41. The quantitative estimate of drug-likeness (QED) is 0.406. The topological polar surface area (TPSA) is 91.2 Å². The molecular formula is C29H32BN7O2+. The monoisotopic (exact) mass is 521 g/mol. The molecule has 1 saturated carbocycles. The SMILES string of the molecule is CC(=O)Nc1ccc(C2=C3C=CC(=[N+]4CCCCC4)N3[B]n3c2ccc3-n2cc(C3(O)CCCC3)nn2)cc1. The highest BCUT2D eigenvalue weighted by Crippen LogP contribution is 2.39. The summed E-state index contributed by atoms with van der Waals surface area (Å²) in [6.45, 7) is 3.62. The van der Waals surface area contributed by atoms with Crippen LogP contribution in [0.3, 0.4) is 0 Å². The molecule has 0 bridgehead atoms. The van der Waals surface area contributed by atoms with Crippen LogP contribution in [0.2, 0.25) is 0 Å². The zero-order chi connectivity index (χ0) is 26.6. The molecule has 1 aromatic carbocycles. The van der Waals surface area contributed by atoms with E-state index in [0.717, 1.165) is 72.8 Å². The van der Waals surface area contributed by atoms with Crippen molar-refractivity contribution in [3.05, 3.63) is 77.4 Å². The molecule has 3 aliphatic heterocycles. The largest absolute Gasteiger partial charge is 0.553 e. The molecule has 1 radical (unpaired) electrons. The van der Waals surface area contributed by atoms with Gasteiger partial charge in [-0.25, -0.2) is 4.68 Å². The molecule has 5 heterocycles. The Bertz CT molecular complexity index is 1530. The van der Waals surface area contributed by atoms with Crippen molar-refractivity contribution in [3.8, 4) is 5.82 Å². The first kappa shape index (κ1) is 24.1. The van der Waals surface area contributed by atoms with Crippen molar-refractivity contribution in [2.24, 2.45) is 0 Å². The molecule has 2 aromatic heterocycles. The van der Waals surface area contributed by atoms with E-state index < -0.39 is 5.60 Å². The average molecular weight is 521 g/mol. The van der Waals surface area contributed by atoms with Gasteiger partial charge in [-0.1, -0.05) is 30.2 Å². The number of carbonyl (C=O) groups is 1. The van der Waals surface area contributed by atoms with Crippen LogP contribution >= 0.6 is 0 Å². The fourth-order valence-electron chi connectivity index (χ4n) is 6.36. The maximum absolute atomic E-state index is 11.6. The highest BCUT2D eigenvalue weighted by Gasteiger charge is 2.41. The van der Waals surface area contributed by atoms with Gasteiger partial charge < -0.3 is 14.9 Å². The number of hydrogen-bond donors (Lipinski definition) is 2. The average Bonchev–Trinajstić information content (AvgIpc) is 3.74. The fraction of sp³-hybridized carbons (Fsp3) is 0.379. The molecule has 9 nitrogen and oxygen atoms in total. The number of nitrogens with zero attached hydrogens (tertiary/aromatic N) is 6. The zero-order valence-electron chi connectivity index (χ0n) is 22.2. The maximum Gasteiger partial charge on any atom is 0.553 e. The third-order valence-corrected chi connectivity index (χ3v) is 8.35. The molecule has 39 heavy (non-hydrogen) atoms. The zero-order valence-corrected chi connectivity index (χ0v) is 22.2. The molecule has 4 aliphatic rings. The van der Waals surface area contributed by atoms with Gasteiger partial charge in [0.2, 0.25) is 5.91 Å². The van der Waals surface area contributed by atoms with Gasteiger partial charge in [-0.15, -0.1) is 5.10 Å². The van der Waals surface area contributed by atoms with Gasteiger partial charge in [0.15, 0.2) is 0 Å². The molecule has 2 fully saturated rings. The van der Waals surface area contributed by atoms with Crippen molar-refractivity contribution >= 4 is 30.6 Å². The Morgan fingerprint density at radius 1 is 1.03 bits per heavy atom. The van der Waals surface area contributed by atoms with Gasteiger partial charge in [0.1, 0.15) is 22.8 Å². The smallest absolute Gasteiger partial charge is 0.383 e. The van der Waals surface area contributed by atoms with Crippen LogP contribution in [0.25, 0.3) is 11.4 Å². The second kappa shape index (κ2) is 9.38. The molecule has 0 spiro atoms. The predicted molar refractivity (Wildman–Crippen MR) is 149 cm³/mol. The van der Waals surface area contributed by atoms with E-state index in [1.165, 1.54) is 32.0 Å². The number of rotatable bonds is 4. The van der Waals surface area contributed by atoms with Crippen LogP contribution in [-0.4, -0.2) is 66.3 Å². The summed E-state index contributed by atoms with van der Waals surface area (Å²) in [6.07, 6.45) is 13.4. The second-order valence-corrected chi connectivity index (χ2v) is 11.0. The van der Waals surface area contributed by atoms with E-state index in [9.17, 15) is 9.90 Å². The summed E-state index contributed by atoms with van der Waals surface area (Å²) in [5, 5.41) is 22.8. The lowest BCUT2D eigenvalue weighted by Crippen LogP contribution is -2.43. The summed E-state index contributed by atoms with van der Waals surface area (Å²) in [6, 6.07) is 12.2.